The number of carbonyl (C=O) groups is 2. The number of nitrogens with zero attached hydrogens (tertiary/aromatic N) is 3. The first-order chi connectivity index (χ1) is 14.1. The first kappa shape index (κ1) is 19.4. The molecule has 1 saturated heterocycles. The summed E-state index contributed by atoms with van der Waals surface area (Å²) in [5, 5.41) is 9.65. The maximum absolute atomic E-state index is 13.0. The number of nitrogens with one attached hydrogen (secondary N) is 2. The van der Waals surface area contributed by atoms with Crippen LogP contribution in [0.15, 0.2) is 28.8 Å². The van der Waals surface area contributed by atoms with Gasteiger partial charge in [0.2, 0.25) is 11.8 Å². The molecule has 0 radical (unpaired) electrons. The molecule has 154 valence electrons. The van der Waals surface area contributed by atoms with Crippen LogP contribution in [-0.4, -0.2) is 39.6 Å². The molecule has 1 aliphatic heterocycles. The van der Waals surface area contributed by atoms with Gasteiger partial charge in [0.1, 0.15) is 5.82 Å². The Kier molecular flexibility index (Phi) is 5.73. The summed E-state index contributed by atoms with van der Waals surface area (Å²) in [5.74, 6) is 0.315. The third kappa shape index (κ3) is 4.90. The molecule has 8 nitrogen and oxygen atoms in total. The zero-order chi connectivity index (χ0) is 20.2. The Hall–Kier alpha value is -2.97. The largest absolute Gasteiger partial charge is 0.338 e. The molecule has 9 heteroatoms. The lowest BCUT2D eigenvalue weighted by molar-refractivity contribution is -0.128. The summed E-state index contributed by atoms with van der Waals surface area (Å²) in [6, 6.07) is 6.11. The lowest BCUT2D eigenvalue weighted by Crippen LogP contribution is -2.40. The number of amides is 3. The number of hydrogen-bond donors (Lipinski definition) is 2. The Morgan fingerprint density at radius 2 is 2.00 bits per heavy atom. The third-order valence-electron chi connectivity index (χ3n) is 5.44. The maximum atomic E-state index is 13.0. The second-order valence-electron chi connectivity index (χ2n) is 7.66. The maximum Gasteiger partial charge on any atom is 0.315 e. The van der Waals surface area contributed by atoms with E-state index >= 15 is 0 Å². The minimum atomic E-state index is -0.302. The van der Waals surface area contributed by atoms with Crippen molar-refractivity contribution in [3.05, 3.63) is 47.4 Å². The van der Waals surface area contributed by atoms with Crippen LogP contribution in [0.2, 0.25) is 0 Å². The van der Waals surface area contributed by atoms with Gasteiger partial charge >= 0.3 is 6.03 Å². The Labute approximate surface area is 167 Å². The minimum Gasteiger partial charge on any atom is -0.338 e. The molecule has 2 heterocycles. The fourth-order valence-electron chi connectivity index (χ4n) is 3.88. The molecule has 1 aliphatic carbocycles. The topological polar surface area (TPSA) is 100 Å². The predicted octanol–water partition coefficient (Wildman–Crippen LogP) is 2.47. The molecule has 29 heavy (non-hydrogen) atoms. The van der Waals surface area contributed by atoms with Crippen LogP contribution in [0.3, 0.4) is 0 Å². The molecule has 2 fully saturated rings. The molecule has 1 saturated carbocycles. The molecule has 2 N–H and O–H groups in total. The molecule has 2 aliphatic rings. The van der Waals surface area contributed by atoms with Gasteiger partial charge in [0.15, 0.2) is 5.82 Å². The van der Waals surface area contributed by atoms with Crippen molar-refractivity contribution in [2.75, 3.05) is 6.54 Å². The van der Waals surface area contributed by atoms with Crippen molar-refractivity contribution in [1.29, 1.82) is 0 Å². The summed E-state index contributed by atoms with van der Waals surface area (Å²) in [4.78, 5) is 30.3. The predicted molar refractivity (Wildman–Crippen MR) is 101 cm³/mol. The number of carbonyl (C=O) groups excluding carboxylic acids is 2. The molecule has 0 spiro atoms. The van der Waals surface area contributed by atoms with Crippen LogP contribution in [0.4, 0.5) is 9.18 Å². The van der Waals surface area contributed by atoms with Gasteiger partial charge < -0.3 is 20.1 Å². The number of urea groups is 1. The van der Waals surface area contributed by atoms with Crippen molar-refractivity contribution in [3.63, 3.8) is 0 Å². The molecular weight excluding hydrogens is 377 g/mol. The van der Waals surface area contributed by atoms with E-state index < -0.39 is 0 Å². The Balaban J connectivity index is 1.28. The molecule has 1 aromatic heterocycles. The second kappa shape index (κ2) is 8.59. The molecule has 1 aromatic carbocycles. The van der Waals surface area contributed by atoms with Crippen LogP contribution in [0.25, 0.3) is 0 Å². The zero-order valence-electron chi connectivity index (χ0n) is 16.1. The monoisotopic (exact) mass is 401 g/mol. The summed E-state index contributed by atoms with van der Waals surface area (Å²) < 4.78 is 18.3. The number of likely N-dealkylation sites (tertiary alicyclic amines) is 1. The van der Waals surface area contributed by atoms with Gasteiger partial charge in [-0.05, 0) is 30.5 Å². The van der Waals surface area contributed by atoms with Gasteiger partial charge in [-0.25, -0.2) is 9.18 Å². The normalized spacial score (nSPS) is 19.7. The van der Waals surface area contributed by atoms with Crippen LogP contribution in [0, 0.1) is 5.82 Å². The highest BCUT2D eigenvalue weighted by Crippen LogP contribution is 2.27. The highest BCUT2D eigenvalue weighted by molar-refractivity contribution is 5.79. The summed E-state index contributed by atoms with van der Waals surface area (Å²) in [5.41, 5.74) is 0.867. The standard InChI is InChI=1S/C20H24FN5O3/c21-15-7-5-13(6-8-15)11-26-12-14(9-18(26)27)19-24-17(29-25-19)10-22-20(28)23-16-3-1-2-4-16/h5-8,14,16H,1-4,9-12H2,(H2,22,23,28)/t14-/m0/s1. The molecular formula is C20H24FN5O3. The SMILES string of the molecule is O=C(NCc1nc([C@H]2CC(=O)N(Cc3ccc(F)cc3)C2)no1)NC1CCCC1. The van der Waals surface area contributed by atoms with Crippen molar-refractivity contribution in [1.82, 2.24) is 25.7 Å². The first-order valence-electron chi connectivity index (χ1n) is 9.96. The van der Waals surface area contributed by atoms with Crippen molar-refractivity contribution in [3.8, 4) is 0 Å². The van der Waals surface area contributed by atoms with Crippen molar-refractivity contribution >= 4 is 11.9 Å². The number of benzene rings is 1. The number of rotatable bonds is 6. The van der Waals surface area contributed by atoms with E-state index in [0.29, 0.717) is 31.2 Å². The molecule has 0 unspecified atom stereocenters. The summed E-state index contributed by atoms with van der Waals surface area (Å²) in [7, 11) is 0. The van der Waals surface area contributed by atoms with E-state index in [9.17, 15) is 14.0 Å². The molecule has 4 rings (SSSR count). The van der Waals surface area contributed by atoms with E-state index in [1.807, 2.05) is 0 Å². The summed E-state index contributed by atoms with van der Waals surface area (Å²) >= 11 is 0. The summed E-state index contributed by atoms with van der Waals surface area (Å²) in [6.45, 7) is 1.04. The van der Waals surface area contributed by atoms with Crippen molar-refractivity contribution in [2.45, 2.75) is 57.2 Å². The first-order valence-corrected chi connectivity index (χ1v) is 9.96. The van der Waals surface area contributed by atoms with Gasteiger partial charge in [0.25, 0.3) is 0 Å². The molecule has 3 amide bonds. The van der Waals surface area contributed by atoms with E-state index in [1.54, 1.807) is 17.0 Å². The number of hydrogen-bond acceptors (Lipinski definition) is 5. The second-order valence-corrected chi connectivity index (χ2v) is 7.66. The van der Waals surface area contributed by atoms with Crippen LogP contribution in [0.5, 0.6) is 0 Å². The van der Waals surface area contributed by atoms with Crippen LogP contribution < -0.4 is 10.6 Å². The fraction of sp³-hybridized carbons (Fsp3) is 0.500. The van der Waals surface area contributed by atoms with Crippen molar-refractivity contribution < 1.29 is 18.5 Å². The van der Waals surface area contributed by atoms with Gasteiger partial charge in [-0.2, -0.15) is 4.98 Å². The average Bonchev–Trinajstić information content (AvgIpc) is 3.44. The van der Waals surface area contributed by atoms with Gasteiger partial charge in [0, 0.05) is 31.5 Å². The van der Waals surface area contributed by atoms with Crippen LogP contribution in [0.1, 0.15) is 55.3 Å². The van der Waals surface area contributed by atoms with Gasteiger partial charge in [-0.1, -0.05) is 30.1 Å². The lowest BCUT2D eigenvalue weighted by Gasteiger charge is -2.16. The highest BCUT2D eigenvalue weighted by Gasteiger charge is 2.33. The third-order valence-corrected chi connectivity index (χ3v) is 5.44. The van der Waals surface area contributed by atoms with E-state index in [-0.39, 0.29) is 36.3 Å². The van der Waals surface area contributed by atoms with E-state index in [4.69, 9.17) is 4.52 Å². The quantitative estimate of drug-likeness (QED) is 0.775. The minimum absolute atomic E-state index is 0.000239. The number of halogens is 1. The fourth-order valence-corrected chi connectivity index (χ4v) is 3.88. The lowest BCUT2D eigenvalue weighted by atomic mass is 10.1. The summed E-state index contributed by atoms with van der Waals surface area (Å²) in [6.07, 6.45) is 4.63. The van der Waals surface area contributed by atoms with Gasteiger partial charge in [-0.15, -0.1) is 0 Å². The van der Waals surface area contributed by atoms with Gasteiger partial charge in [-0.3, -0.25) is 4.79 Å². The Bertz CT molecular complexity index is 863. The molecule has 1 atom stereocenters. The van der Waals surface area contributed by atoms with Crippen LogP contribution in [-0.2, 0) is 17.9 Å². The molecule has 2 aromatic rings. The van der Waals surface area contributed by atoms with Crippen LogP contribution >= 0.6 is 0 Å². The zero-order valence-corrected chi connectivity index (χ0v) is 16.1. The highest BCUT2D eigenvalue weighted by atomic mass is 19.1. The van der Waals surface area contributed by atoms with E-state index in [1.165, 1.54) is 12.1 Å². The Morgan fingerprint density at radius 1 is 1.24 bits per heavy atom. The smallest absolute Gasteiger partial charge is 0.315 e. The van der Waals surface area contributed by atoms with E-state index in [0.717, 1.165) is 31.2 Å². The van der Waals surface area contributed by atoms with E-state index in [2.05, 4.69) is 20.8 Å². The molecule has 0 bridgehead atoms. The average molecular weight is 401 g/mol. The van der Waals surface area contributed by atoms with Gasteiger partial charge in [0.05, 0.1) is 6.54 Å². The Morgan fingerprint density at radius 3 is 2.76 bits per heavy atom. The van der Waals surface area contributed by atoms with Crippen molar-refractivity contribution in [2.24, 2.45) is 0 Å². The number of aromatic nitrogens is 2.